The highest BCUT2D eigenvalue weighted by molar-refractivity contribution is 8.00. The summed E-state index contributed by atoms with van der Waals surface area (Å²) in [5.74, 6) is 0.696. The third-order valence-electron chi connectivity index (χ3n) is 2.74. The maximum Gasteiger partial charge on any atom is 0.238 e. The molecule has 2 aromatic rings. The van der Waals surface area contributed by atoms with Crippen LogP contribution >= 0.6 is 11.8 Å². The van der Waals surface area contributed by atoms with E-state index in [4.69, 9.17) is 0 Å². The Morgan fingerprint density at radius 2 is 1.90 bits per heavy atom. The third-order valence-corrected chi connectivity index (χ3v) is 3.85. The number of nitrogens with one attached hydrogen (secondary N) is 1. The van der Waals surface area contributed by atoms with Crippen molar-refractivity contribution < 1.29 is 4.79 Å². The van der Waals surface area contributed by atoms with E-state index in [0.29, 0.717) is 0 Å². The average molecular weight is 290 g/mol. The van der Waals surface area contributed by atoms with Gasteiger partial charge in [-0.05, 0) is 32.9 Å². The lowest BCUT2D eigenvalue weighted by atomic mass is 10.4. The minimum absolute atomic E-state index is 0.0331. The van der Waals surface area contributed by atoms with Gasteiger partial charge in [0.05, 0.1) is 11.4 Å². The van der Waals surface area contributed by atoms with Crippen molar-refractivity contribution in [2.75, 3.05) is 5.32 Å². The van der Waals surface area contributed by atoms with E-state index in [0.717, 1.165) is 10.7 Å². The zero-order chi connectivity index (χ0) is 14.5. The van der Waals surface area contributed by atoms with Gasteiger partial charge in [0, 0.05) is 29.4 Å². The summed E-state index contributed by atoms with van der Waals surface area (Å²) in [6.45, 7) is 5.94. The molecule has 0 aliphatic heterocycles. The first-order valence-corrected chi connectivity index (χ1v) is 7.37. The fourth-order valence-corrected chi connectivity index (χ4v) is 2.58. The van der Waals surface area contributed by atoms with Crippen LogP contribution in [0, 0.1) is 0 Å². The first kappa shape index (κ1) is 14.6. The second-order valence-electron chi connectivity index (χ2n) is 4.69. The summed E-state index contributed by atoms with van der Waals surface area (Å²) >= 11 is 1.51. The molecule has 0 bridgehead atoms. The number of hydrogen-bond acceptors (Lipinski definition) is 4. The first-order valence-electron chi connectivity index (χ1n) is 6.49. The van der Waals surface area contributed by atoms with E-state index in [1.165, 1.54) is 11.8 Å². The molecule has 0 saturated heterocycles. The van der Waals surface area contributed by atoms with Crippen molar-refractivity contribution in [1.29, 1.82) is 0 Å². The molecule has 0 fully saturated rings. The van der Waals surface area contributed by atoms with Gasteiger partial charge >= 0.3 is 0 Å². The normalized spacial score (nSPS) is 12.4. The van der Waals surface area contributed by atoms with Crippen molar-refractivity contribution in [3.8, 4) is 0 Å². The van der Waals surface area contributed by atoms with E-state index in [-0.39, 0.29) is 17.2 Å². The Morgan fingerprint density at radius 3 is 2.55 bits per heavy atom. The summed E-state index contributed by atoms with van der Waals surface area (Å²) in [5.41, 5.74) is 0. The molecule has 1 amide bonds. The molecule has 0 spiro atoms. The monoisotopic (exact) mass is 290 g/mol. The maximum absolute atomic E-state index is 12.2. The van der Waals surface area contributed by atoms with Gasteiger partial charge in [0.1, 0.15) is 5.82 Å². The summed E-state index contributed by atoms with van der Waals surface area (Å²) in [7, 11) is 0. The van der Waals surface area contributed by atoms with Gasteiger partial charge in [-0.1, -0.05) is 0 Å². The molecule has 0 aromatic carbocycles. The number of carbonyl (C=O) groups is 1. The smallest absolute Gasteiger partial charge is 0.238 e. The Balaban J connectivity index is 1.99. The zero-order valence-corrected chi connectivity index (χ0v) is 12.6. The maximum atomic E-state index is 12.2. The summed E-state index contributed by atoms with van der Waals surface area (Å²) in [4.78, 5) is 17.2. The van der Waals surface area contributed by atoms with Gasteiger partial charge in [-0.3, -0.25) is 9.78 Å². The summed E-state index contributed by atoms with van der Waals surface area (Å²) in [5, 5.41) is 6.93. The van der Waals surface area contributed by atoms with Crippen molar-refractivity contribution in [3.63, 3.8) is 0 Å². The fraction of sp³-hybridized carbons (Fsp3) is 0.357. The van der Waals surface area contributed by atoms with Gasteiger partial charge in [-0.2, -0.15) is 5.10 Å². The molecule has 0 radical (unpaired) electrons. The lowest BCUT2D eigenvalue weighted by Crippen LogP contribution is -2.24. The van der Waals surface area contributed by atoms with E-state index in [1.54, 1.807) is 23.3 Å². The second kappa shape index (κ2) is 6.56. The molecule has 2 rings (SSSR count). The van der Waals surface area contributed by atoms with Crippen molar-refractivity contribution in [1.82, 2.24) is 14.8 Å². The SMILES string of the molecule is CC(C)n1nccc1NC(=O)[C@@H](C)Sc1ccncc1. The topological polar surface area (TPSA) is 59.8 Å². The molecule has 2 aromatic heterocycles. The van der Waals surface area contributed by atoms with Crippen LogP contribution in [-0.4, -0.2) is 25.9 Å². The number of hydrogen-bond donors (Lipinski definition) is 1. The number of nitrogens with zero attached hydrogens (tertiary/aromatic N) is 3. The highest BCUT2D eigenvalue weighted by atomic mass is 32.2. The number of rotatable bonds is 5. The van der Waals surface area contributed by atoms with Crippen LogP contribution in [0.2, 0.25) is 0 Å². The van der Waals surface area contributed by atoms with Crippen LogP contribution in [0.15, 0.2) is 41.7 Å². The first-order chi connectivity index (χ1) is 9.58. The second-order valence-corrected chi connectivity index (χ2v) is 6.10. The molecule has 0 unspecified atom stereocenters. The lowest BCUT2D eigenvalue weighted by molar-refractivity contribution is -0.115. The van der Waals surface area contributed by atoms with Gasteiger partial charge in [0.15, 0.2) is 0 Å². The van der Waals surface area contributed by atoms with Crippen molar-refractivity contribution >= 4 is 23.5 Å². The third kappa shape index (κ3) is 3.60. The number of anilines is 1. The summed E-state index contributed by atoms with van der Waals surface area (Å²) in [6, 6.07) is 5.81. The molecule has 0 aliphatic rings. The number of aromatic nitrogens is 3. The van der Waals surface area contributed by atoms with Gasteiger partial charge < -0.3 is 5.32 Å². The molecule has 20 heavy (non-hydrogen) atoms. The molecule has 106 valence electrons. The van der Waals surface area contributed by atoms with Gasteiger partial charge in [-0.15, -0.1) is 11.8 Å². The molecule has 2 heterocycles. The predicted octanol–water partition coefficient (Wildman–Crippen LogP) is 2.98. The van der Waals surface area contributed by atoms with E-state index < -0.39 is 0 Å². The minimum atomic E-state index is -0.187. The molecule has 0 saturated carbocycles. The van der Waals surface area contributed by atoms with Gasteiger partial charge in [0.2, 0.25) is 5.91 Å². The lowest BCUT2D eigenvalue weighted by Gasteiger charge is -2.14. The van der Waals surface area contributed by atoms with Gasteiger partial charge in [0.25, 0.3) is 0 Å². The number of thioether (sulfide) groups is 1. The Bertz CT molecular complexity index is 568. The average Bonchev–Trinajstić information content (AvgIpc) is 2.88. The summed E-state index contributed by atoms with van der Waals surface area (Å²) < 4.78 is 1.79. The van der Waals surface area contributed by atoms with E-state index in [1.807, 2.05) is 39.0 Å². The van der Waals surface area contributed by atoms with Crippen molar-refractivity contribution in [2.45, 2.75) is 37.0 Å². The standard InChI is InChI=1S/C14H18N4OS/c1-10(2)18-13(6-9-16-18)17-14(19)11(3)20-12-4-7-15-8-5-12/h4-11H,1-3H3,(H,17,19)/t11-/m1/s1. The number of carbonyl (C=O) groups excluding carboxylic acids is 1. The molecule has 6 heteroatoms. The van der Waals surface area contributed by atoms with Crippen LogP contribution < -0.4 is 5.32 Å². The minimum Gasteiger partial charge on any atom is -0.310 e. The van der Waals surface area contributed by atoms with Crippen LogP contribution in [0.3, 0.4) is 0 Å². The highest BCUT2D eigenvalue weighted by Crippen LogP contribution is 2.23. The Hall–Kier alpha value is -1.82. The predicted molar refractivity (Wildman–Crippen MR) is 80.8 cm³/mol. The molecular weight excluding hydrogens is 272 g/mol. The quantitative estimate of drug-likeness (QED) is 0.860. The van der Waals surface area contributed by atoms with E-state index >= 15 is 0 Å². The Morgan fingerprint density at radius 1 is 1.20 bits per heavy atom. The van der Waals surface area contributed by atoms with Gasteiger partial charge in [-0.25, -0.2) is 4.68 Å². The van der Waals surface area contributed by atoms with Crippen LogP contribution in [0.25, 0.3) is 0 Å². The molecule has 5 nitrogen and oxygen atoms in total. The molecule has 0 aliphatic carbocycles. The van der Waals surface area contributed by atoms with Crippen LogP contribution in [0.4, 0.5) is 5.82 Å². The molecular formula is C14H18N4OS. The van der Waals surface area contributed by atoms with Crippen LogP contribution in [0.5, 0.6) is 0 Å². The van der Waals surface area contributed by atoms with Crippen LogP contribution in [-0.2, 0) is 4.79 Å². The number of amides is 1. The van der Waals surface area contributed by atoms with Crippen molar-refractivity contribution in [3.05, 3.63) is 36.8 Å². The molecule has 1 atom stereocenters. The fourth-order valence-electron chi connectivity index (χ4n) is 1.73. The van der Waals surface area contributed by atoms with Crippen molar-refractivity contribution in [2.24, 2.45) is 0 Å². The summed E-state index contributed by atoms with van der Waals surface area (Å²) in [6.07, 6.45) is 5.14. The Kier molecular flexibility index (Phi) is 4.79. The zero-order valence-electron chi connectivity index (χ0n) is 11.8. The highest BCUT2D eigenvalue weighted by Gasteiger charge is 2.16. The van der Waals surface area contributed by atoms with E-state index in [9.17, 15) is 4.79 Å². The number of pyridine rings is 1. The largest absolute Gasteiger partial charge is 0.310 e. The van der Waals surface area contributed by atoms with E-state index in [2.05, 4.69) is 15.4 Å². The van der Waals surface area contributed by atoms with Crippen LogP contribution in [0.1, 0.15) is 26.8 Å². The Labute approximate surface area is 122 Å². The molecule has 1 N–H and O–H groups in total.